The summed E-state index contributed by atoms with van der Waals surface area (Å²) in [7, 11) is 2.12. The molecule has 1 aliphatic rings. The maximum Gasteiger partial charge on any atom is 0.137 e. The smallest absolute Gasteiger partial charge is 0.137 e. The summed E-state index contributed by atoms with van der Waals surface area (Å²) in [5.74, 6) is 1.21. The number of benzene rings is 1. The molecule has 3 heterocycles. The van der Waals surface area contributed by atoms with Crippen LogP contribution in [0, 0.1) is 0 Å². The summed E-state index contributed by atoms with van der Waals surface area (Å²) in [5, 5.41) is 6.97. The SMILES string of the molecule is CN(Cc1cncn1Cc1ccccc1)C[C@H]1OCC[C@H]1c1ncn[nH]1. The Kier molecular flexibility index (Phi) is 5.08. The molecule has 0 unspecified atom stereocenters. The van der Waals surface area contributed by atoms with Crippen LogP contribution in [-0.2, 0) is 17.8 Å². The summed E-state index contributed by atoms with van der Waals surface area (Å²) in [4.78, 5) is 10.9. The molecule has 26 heavy (non-hydrogen) atoms. The van der Waals surface area contributed by atoms with Crippen LogP contribution in [0.5, 0.6) is 0 Å². The van der Waals surface area contributed by atoms with Crippen LogP contribution in [0.2, 0.25) is 0 Å². The highest BCUT2D eigenvalue weighted by molar-refractivity contribution is 5.16. The third-order valence-corrected chi connectivity index (χ3v) is 4.91. The lowest BCUT2D eigenvalue weighted by Crippen LogP contribution is -2.32. The summed E-state index contributed by atoms with van der Waals surface area (Å²) in [6, 6.07) is 10.5. The molecule has 1 aliphatic heterocycles. The molecular formula is C19H24N6O. The van der Waals surface area contributed by atoms with E-state index in [1.165, 1.54) is 11.3 Å². The minimum atomic E-state index is 0.137. The lowest BCUT2D eigenvalue weighted by atomic mass is 10.0. The van der Waals surface area contributed by atoms with Crippen LogP contribution in [0.3, 0.4) is 0 Å². The van der Waals surface area contributed by atoms with Crippen LogP contribution in [0.25, 0.3) is 0 Å². The van der Waals surface area contributed by atoms with Crippen molar-refractivity contribution in [2.75, 3.05) is 20.2 Å². The number of nitrogens with zero attached hydrogens (tertiary/aromatic N) is 5. The molecule has 3 aromatic rings. The van der Waals surface area contributed by atoms with Crippen molar-refractivity contribution in [1.29, 1.82) is 0 Å². The van der Waals surface area contributed by atoms with Gasteiger partial charge in [-0.2, -0.15) is 5.10 Å². The second kappa shape index (κ2) is 7.80. The Labute approximate surface area is 153 Å². The van der Waals surface area contributed by atoms with Crippen molar-refractivity contribution < 1.29 is 4.74 Å². The van der Waals surface area contributed by atoms with Gasteiger partial charge in [-0.15, -0.1) is 0 Å². The summed E-state index contributed by atoms with van der Waals surface area (Å²) >= 11 is 0. The first-order chi connectivity index (χ1) is 12.8. The number of nitrogens with one attached hydrogen (secondary N) is 1. The van der Waals surface area contributed by atoms with Crippen molar-refractivity contribution in [2.45, 2.75) is 31.5 Å². The van der Waals surface area contributed by atoms with Gasteiger partial charge in [-0.25, -0.2) is 9.97 Å². The maximum absolute atomic E-state index is 5.95. The van der Waals surface area contributed by atoms with Gasteiger partial charge in [0.15, 0.2) is 0 Å². The number of hydrogen-bond donors (Lipinski definition) is 1. The molecule has 136 valence electrons. The lowest BCUT2D eigenvalue weighted by molar-refractivity contribution is 0.0705. The molecule has 0 saturated carbocycles. The van der Waals surface area contributed by atoms with E-state index in [0.29, 0.717) is 0 Å². The van der Waals surface area contributed by atoms with Gasteiger partial charge in [0.05, 0.1) is 18.1 Å². The van der Waals surface area contributed by atoms with Gasteiger partial charge >= 0.3 is 0 Å². The topological polar surface area (TPSA) is 71.9 Å². The molecule has 1 fully saturated rings. The largest absolute Gasteiger partial charge is 0.376 e. The fourth-order valence-corrected chi connectivity index (χ4v) is 3.59. The van der Waals surface area contributed by atoms with E-state index in [-0.39, 0.29) is 12.0 Å². The van der Waals surface area contributed by atoms with E-state index in [1.807, 2.05) is 18.6 Å². The first-order valence-electron chi connectivity index (χ1n) is 8.98. The lowest BCUT2D eigenvalue weighted by Gasteiger charge is -2.24. The van der Waals surface area contributed by atoms with E-state index in [9.17, 15) is 0 Å². The number of aromatic amines is 1. The second-order valence-corrected chi connectivity index (χ2v) is 6.87. The minimum absolute atomic E-state index is 0.137. The van der Waals surface area contributed by atoms with Gasteiger partial charge in [0.2, 0.25) is 0 Å². The molecule has 7 nitrogen and oxygen atoms in total. The third-order valence-electron chi connectivity index (χ3n) is 4.91. The van der Waals surface area contributed by atoms with E-state index in [0.717, 1.165) is 38.5 Å². The Morgan fingerprint density at radius 2 is 2.19 bits per heavy atom. The van der Waals surface area contributed by atoms with Crippen LogP contribution in [0.1, 0.15) is 29.4 Å². The van der Waals surface area contributed by atoms with Crippen LogP contribution < -0.4 is 0 Å². The number of aromatic nitrogens is 5. The molecule has 1 aromatic carbocycles. The zero-order chi connectivity index (χ0) is 17.8. The molecular weight excluding hydrogens is 328 g/mol. The number of H-pyrrole nitrogens is 1. The summed E-state index contributed by atoms with van der Waals surface area (Å²) < 4.78 is 8.16. The van der Waals surface area contributed by atoms with Crippen molar-refractivity contribution in [1.82, 2.24) is 29.6 Å². The van der Waals surface area contributed by atoms with E-state index < -0.39 is 0 Å². The number of ether oxygens (including phenoxy) is 1. The molecule has 4 rings (SSSR count). The molecule has 0 spiro atoms. The van der Waals surface area contributed by atoms with E-state index >= 15 is 0 Å². The normalized spacial score (nSPS) is 20.1. The van der Waals surface area contributed by atoms with Crippen LogP contribution >= 0.6 is 0 Å². The van der Waals surface area contributed by atoms with E-state index in [1.54, 1.807) is 6.33 Å². The molecule has 0 radical (unpaired) electrons. The van der Waals surface area contributed by atoms with Crippen molar-refractivity contribution >= 4 is 0 Å². The standard InChI is InChI=1S/C19H24N6O/c1-24(12-18-17(7-8-26-18)19-21-13-22-23-19)11-16-9-20-14-25(16)10-15-5-3-2-4-6-15/h2-6,9,13-14,17-18H,7-8,10-12H2,1H3,(H,21,22,23)/t17-,18-/m1/s1. The molecule has 1 saturated heterocycles. The molecule has 2 atom stereocenters. The molecule has 7 heteroatoms. The molecule has 0 amide bonds. The van der Waals surface area contributed by atoms with Crippen molar-refractivity contribution in [3.8, 4) is 0 Å². The minimum Gasteiger partial charge on any atom is -0.376 e. The second-order valence-electron chi connectivity index (χ2n) is 6.87. The van der Waals surface area contributed by atoms with Gasteiger partial charge in [0.25, 0.3) is 0 Å². The van der Waals surface area contributed by atoms with Crippen molar-refractivity contribution in [3.05, 3.63) is 66.3 Å². The number of rotatable bonds is 7. The average Bonchev–Trinajstić information content (AvgIpc) is 3.38. The quantitative estimate of drug-likeness (QED) is 0.705. The Bertz CT molecular complexity index is 801. The third kappa shape index (κ3) is 3.84. The number of imidazole rings is 1. The molecule has 0 aliphatic carbocycles. The summed E-state index contributed by atoms with van der Waals surface area (Å²) in [5.41, 5.74) is 2.48. The van der Waals surface area contributed by atoms with Crippen LogP contribution in [0.4, 0.5) is 0 Å². The highest BCUT2D eigenvalue weighted by Gasteiger charge is 2.32. The van der Waals surface area contributed by atoms with Crippen molar-refractivity contribution in [3.63, 3.8) is 0 Å². The Hall–Kier alpha value is -2.51. The first kappa shape index (κ1) is 16.9. The molecule has 0 bridgehead atoms. The summed E-state index contributed by atoms with van der Waals surface area (Å²) in [6.45, 7) is 3.29. The Morgan fingerprint density at radius 1 is 1.31 bits per heavy atom. The maximum atomic E-state index is 5.95. The van der Waals surface area contributed by atoms with Gasteiger partial charge in [0, 0.05) is 38.4 Å². The van der Waals surface area contributed by atoms with Gasteiger partial charge in [-0.3, -0.25) is 10.00 Å². The zero-order valence-electron chi connectivity index (χ0n) is 15.0. The van der Waals surface area contributed by atoms with Gasteiger partial charge in [-0.1, -0.05) is 30.3 Å². The average molecular weight is 352 g/mol. The molecule has 2 aromatic heterocycles. The Balaban J connectivity index is 1.38. The predicted octanol–water partition coefficient (Wildman–Crippen LogP) is 2.05. The molecule has 1 N–H and O–H groups in total. The van der Waals surface area contributed by atoms with Gasteiger partial charge < -0.3 is 9.30 Å². The van der Waals surface area contributed by atoms with E-state index in [4.69, 9.17) is 4.74 Å². The fraction of sp³-hybridized carbons (Fsp3) is 0.421. The van der Waals surface area contributed by atoms with Crippen LogP contribution in [-0.4, -0.2) is 55.9 Å². The summed E-state index contributed by atoms with van der Waals surface area (Å²) in [6.07, 6.45) is 6.54. The van der Waals surface area contributed by atoms with Gasteiger partial charge in [0.1, 0.15) is 12.2 Å². The van der Waals surface area contributed by atoms with Crippen LogP contribution in [0.15, 0.2) is 49.2 Å². The highest BCUT2D eigenvalue weighted by Crippen LogP contribution is 2.29. The van der Waals surface area contributed by atoms with E-state index in [2.05, 4.69) is 60.9 Å². The number of likely N-dealkylation sites (N-methyl/N-ethyl adjacent to an activating group) is 1. The predicted molar refractivity (Wildman–Crippen MR) is 97.6 cm³/mol. The highest BCUT2D eigenvalue weighted by atomic mass is 16.5. The van der Waals surface area contributed by atoms with Crippen molar-refractivity contribution in [2.24, 2.45) is 0 Å². The van der Waals surface area contributed by atoms with Gasteiger partial charge in [-0.05, 0) is 19.0 Å². The zero-order valence-corrected chi connectivity index (χ0v) is 15.0. The first-order valence-corrected chi connectivity index (χ1v) is 8.98. The fourth-order valence-electron chi connectivity index (χ4n) is 3.59. The monoisotopic (exact) mass is 352 g/mol. The number of hydrogen-bond acceptors (Lipinski definition) is 5. The Morgan fingerprint density at radius 3 is 3.00 bits per heavy atom.